The molecule has 0 bridgehead atoms. The Morgan fingerprint density at radius 3 is 1.72 bits per heavy atom. The summed E-state index contributed by atoms with van der Waals surface area (Å²) in [5.41, 5.74) is -7.97. The van der Waals surface area contributed by atoms with E-state index in [0.29, 0.717) is 13.8 Å². The van der Waals surface area contributed by atoms with E-state index < -0.39 is 23.6 Å². The minimum atomic E-state index is -5.94. The molecule has 0 spiro atoms. The molecule has 0 unspecified atom stereocenters. The maximum Gasteiger partial charge on any atom is 0.430 e. The first-order valence-electron chi connectivity index (χ1n) is 7.62. The summed E-state index contributed by atoms with van der Waals surface area (Å²) in [5, 5.41) is 9.53. The number of rotatable bonds is 4. The van der Waals surface area contributed by atoms with E-state index in [1.54, 1.807) is 12.1 Å². The smallest absolute Gasteiger partial charge is 0.430 e. The molecule has 1 saturated heterocycles. The number of halogens is 6. The predicted octanol–water partition coefficient (Wildman–Crippen LogP) is 4.47. The summed E-state index contributed by atoms with van der Waals surface area (Å²) in [7, 11) is 0.0677. The maximum absolute atomic E-state index is 13.0. The number of alkyl halides is 6. The molecule has 1 aliphatic heterocycles. The second kappa shape index (κ2) is 6.57. The van der Waals surface area contributed by atoms with Crippen LogP contribution in [0.3, 0.4) is 0 Å². The molecule has 142 valence electrons. The van der Waals surface area contributed by atoms with Crippen LogP contribution in [0.4, 0.5) is 26.3 Å². The first kappa shape index (κ1) is 20.2. The van der Waals surface area contributed by atoms with Gasteiger partial charge < -0.3 is 9.84 Å². The van der Waals surface area contributed by atoms with E-state index in [1.807, 2.05) is 0 Å². The fourth-order valence-corrected chi connectivity index (χ4v) is 5.10. The minimum absolute atomic E-state index is 0.0677. The topological polar surface area (TPSA) is 29.5 Å². The average molecular weight is 389 g/mol. The second-order valence-electron chi connectivity index (χ2n) is 6.40. The molecule has 0 amide bonds. The van der Waals surface area contributed by atoms with Gasteiger partial charge in [-0.2, -0.15) is 26.3 Å². The lowest BCUT2D eigenvalue weighted by Crippen LogP contribution is -2.70. The fourth-order valence-electron chi connectivity index (χ4n) is 2.80. The Morgan fingerprint density at radius 1 is 0.880 bits per heavy atom. The van der Waals surface area contributed by atoms with Crippen molar-refractivity contribution in [3.63, 3.8) is 0 Å². The Labute approximate surface area is 144 Å². The van der Waals surface area contributed by atoms with Crippen molar-refractivity contribution in [1.82, 2.24) is 0 Å². The summed E-state index contributed by atoms with van der Waals surface area (Å²) in [4.78, 5) is 1.00. The van der Waals surface area contributed by atoms with Gasteiger partial charge in [-0.05, 0) is 51.0 Å². The lowest BCUT2D eigenvalue weighted by Gasteiger charge is -2.43. The molecule has 0 aromatic heterocycles. The molecule has 0 aliphatic carbocycles. The second-order valence-corrected chi connectivity index (χ2v) is 8.67. The third-order valence-electron chi connectivity index (χ3n) is 4.25. The number of ether oxygens (including phenoxy) is 1. The maximum atomic E-state index is 13.0. The monoisotopic (exact) mass is 389 g/mol. The van der Waals surface area contributed by atoms with Crippen LogP contribution in [0.1, 0.15) is 26.7 Å². The first-order chi connectivity index (χ1) is 11.3. The molecule has 1 heterocycles. The van der Waals surface area contributed by atoms with E-state index in [0.717, 1.165) is 29.2 Å². The Bertz CT molecular complexity index is 574. The van der Waals surface area contributed by atoms with Crippen molar-refractivity contribution in [3.8, 4) is 5.75 Å². The molecule has 1 aromatic rings. The van der Waals surface area contributed by atoms with Gasteiger partial charge in [0, 0.05) is 10.9 Å². The molecule has 0 atom stereocenters. The molecule has 2 nitrogen and oxygen atoms in total. The zero-order chi connectivity index (χ0) is 19.1. The molecule has 9 heteroatoms. The highest BCUT2D eigenvalue weighted by Crippen LogP contribution is 2.50. The Hall–Kier alpha value is -1.09. The van der Waals surface area contributed by atoms with Crippen LogP contribution < -0.4 is 4.74 Å². The van der Waals surface area contributed by atoms with Crippen molar-refractivity contribution >= 4 is 10.9 Å². The number of benzene rings is 1. The van der Waals surface area contributed by atoms with Crippen LogP contribution in [0.2, 0.25) is 0 Å². The highest BCUT2D eigenvalue weighted by Gasteiger charge is 2.78. The summed E-state index contributed by atoms with van der Waals surface area (Å²) in [6, 6.07) is 5.99. The summed E-state index contributed by atoms with van der Waals surface area (Å²) in [6.07, 6.45) is -9.67. The van der Waals surface area contributed by atoms with Gasteiger partial charge in [-0.15, -0.1) is 0 Å². The predicted molar refractivity (Wildman–Crippen MR) is 82.8 cm³/mol. The fraction of sp³-hybridized carbons (Fsp3) is 0.625. The van der Waals surface area contributed by atoms with E-state index in [2.05, 4.69) is 0 Å². The van der Waals surface area contributed by atoms with E-state index in [9.17, 15) is 31.4 Å². The van der Waals surface area contributed by atoms with Crippen LogP contribution in [0.15, 0.2) is 29.2 Å². The summed E-state index contributed by atoms with van der Waals surface area (Å²) in [6.45, 7) is 1.14. The van der Waals surface area contributed by atoms with Crippen LogP contribution >= 0.6 is 0 Å². The Morgan fingerprint density at radius 2 is 1.32 bits per heavy atom. The van der Waals surface area contributed by atoms with Crippen LogP contribution in [-0.2, 0) is 10.9 Å². The molecule has 1 N–H and O–H groups in total. The van der Waals surface area contributed by atoms with Gasteiger partial charge >= 0.3 is 12.4 Å². The minimum Gasteiger partial charge on any atom is -0.484 e. The van der Waals surface area contributed by atoms with Crippen LogP contribution in [-0.4, -0.2) is 40.2 Å². The van der Waals surface area contributed by atoms with E-state index >= 15 is 0 Å². The summed E-state index contributed by atoms with van der Waals surface area (Å²) < 4.78 is 83.1. The molecular weight excluding hydrogens is 370 g/mol. The van der Waals surface area contributed by atoms with Crippen molar-refractivity contribution in [1.29, 1.82) is 0 Å². The van der Waals surface area contributed by atoms with Crippen molar-refractivity contribution in [3.05, 3.63) is 24.3 Å². The SMILES string of the molecule is CC(C)(Oc1ccc([S+]2CCCC2)cc1)C(O)(C(F)(F)F)C(F)(F)F. The van der Waals surface area contributed by atoms with Crippen LogP contribution in [0.25, 0.3) is 0 Å². The number of hydrogen-bond donors (Lipinski definition) is 1. The largest absolute Gasteiger partial charge is 0.484 e. The Balaban J connectivity index is 2.26. The molecule has 2 rings (SSSR count). The third kappa shape index (κ3) is 3.72. The van der Waals surface area contributed by atoms with Crippen LogP contribution in [0.5, 0.6) is 5.75 Å². The normalized spacial score (nSPS) is 17.8. The summed E-state index contributed by atoms with van der Waals surface area (Å²) in [5.74, 6) is 1.91. The van der Waals surface area contributed by atoms with Crippen molar-refractivity contribution in [2.24, 2.45) is 0 Å². The quantitative estimate of drug-likeness (QED) is 0.608. The average Bonchev–Trinajstić information content (AvgIpc) is 2.98. The molecule has 1 aromatic carbocycles. The van der Waals surface area contributed by atoms with Crippen molar-refractivity contribution < 1.29 is 36.2 Å². The summed E-state index contributed by atoms with van der Waals surface area (Å²) >= 11 is 0. The standard InChI is InChI=1S/C16H19F6O2S/c1-13(2,14(23,15(17,18)19)16(20,21)22)24-11-5-7-12(8-6-11)25-9-3-4-10-25/h5-8,23H,3-4,9-10H2,1-2H3/q+1. The molecule has 25 heavy (non-hydrogen) atoms. The van der Waals surface area contributed by atoms with E-state index in [1.165, 1.54) is 12.1 Å². The van der Waals surface area contributed by atoms with Gasteiger partial charge in [0.05, 0.1) is 0 Å². The van der Waals surface area contributed by atoms with Gasteiger partial charge in [0.15, 0.2) is 10.5 Å². The molecule has 1 aliphatic rings. The molecular formula is C16H19F6O2S+. The van der Waals surface area contributed by atoms with E-state index in [-0.39, 0.29) is 16.6 Å². The highest BCUT2D eigenvalue weighted by molar-refractivity contribution is 7.97. The van der Waals surface area contributed by atoms with Gasteiger partial charge in [-0.25, -0.2) is 0 Å². The lowest BCUT2D eigenvalue weighted by molar-refractivity contribution is -0.403. The zero-order valence-corrected chi connectivity index (χ0v) is 14.5. The van der Waals surface area contributed by atoms with Gasteiger partial charge in [-0.1, -0.05) is 0 Å². The number of aliphatic hydroxyl groups is 1. The van der Waals surface area contributed by atoms with Crippen LogP contribution in [0, 0.1) is 0 Å². The third-order valence-corrected chi connectivity index (χ3v) is 6.76. The van der Waals surface area contributed by atoms with Crippen molar-refractivity contribution in [2.75, 3.05) is 11.5 Å². The lowest BCUT2D eigenvalue weighted by atomic mass is 9.84. The van der Waals surface area contributed by atoms with Crippen molar-refractivity contribution in [2.45, 2.75) is 55.1 Å². The Kier molecular flexibility index (Phi) is 5.32. The molecule has 1 fully saturated rings. The van der Waals surface area contributed by atoms with Gasteiger partial charge in [-0.3, -0.25) is 0 Å². The first-order valence-corrected chi connectivity index (χ1v) is 9.18. The van der Waals surface area contributed by atoms with E-state index in [4.69, 9.17) is 4.74 Å². The molecule has 0 radical (unpaired) electrons. The van der Waals surface area contributed by atoms with Gasteiger partial charge in [0.1, 0.15) is 17.3 Å². The van der Waals surface area contributed by atoms with Gasteiger partial charge in [0.2, 0.25) is 0 Å². The number of hydrogen-bond acceptors (Lipinski definition) is 2. The van der Waals surface area contributed by atoms with Gasteiger partial charge in [0.25, 0.3) is 5.60 Å². The molecule has 0 saturated carbocycles. The highest BCUT2D eigenvalue weighted by atomic mass is 32.2. The zero-order valence-electron chi connectivity index (χ0n) is 13.7.